The molecule has 0 radical (unpaired) electrons. The number of hydrogen-bond donors (Lipinski definition) is 0. The van der Waals surface area contributed by atoms with Crippen LogP contribution in [0.1, 0.15) is 70.2 Å². The topological polar surface area (TPSA) is 17.3 Å². The summed E-state index contributed by atoms with van der Waals surface area (Å²) in [5.74, 6) is 0. The molecule has 2 heteroatoms. The quantitative estimate of drug-likeness (QED) is 0.243. The molecule has 3 aromatic carbocycles. The van der Waals surface area contributed by atoms with Crippen molar-refractivity contribution in [3.63, 3.8) is 0 Å². The number of aromatic nitrogens is 2. The molecule has 0 saturated carbocycles. The Labute approximate surface area is 210 Å². The van der Waals surface area contributed by atoms with Crippen molar-refractivity contribution in [3.05, 3.63) is 83.0 Å². The number of benzene rings is 3. The Balaban J connectivity index is 1.99. The summed E-state index contributed by atoms with van der Waals surface area (Å²) in [5, 5.41) is 3.91. The van der Waals surface area contributed by atoms with Gasteiger partial charge in [-0.15, -0.1) is 0 Å². The van der Waals surface area contributed by atoms with E-state index in [1.54, 1.807) is 0 Å². The number of pyridine rings is 1. The summed E-state index contributed by atoms with van der Waals surface area (Å²) in [5.41, 5.74) is 10.4. The number of rotatable bonds is 4. The second-order valence-electron chi connectivity index (χ2n) is 12.1. The molecular formula is C33H38N2. The van der Waals surface area contributed by atoms with E-state index in [2.05, 4.69) is 121 Å². The van der Waals surface area contributed by atoms with Crippen LogP contribution in [0.15, 0.2) is 60.8 Å². The van der Waals surface area contributed by atoms with Crippen LogP contribution in [0.4, 0.5) is 0 Å². The normalized spacial score (nSPS) is 12.8. The zero-order valence-electron chi connectivity index (χ0n) is 22.6. The molecule has 0 saturated heterocycles. The predicted octanol–water partition coefficient (Wildman–Crippen LogP) is 9.20. The van der Waals surface area contributed by atoms with E-state index in [-0.39, 0.29) is 10.8 Å². The Morgan fingerprint density at radius 3 is 2.17 bits per heavy atom. The molecule has 0 amide bonds. The van der Waals surface area contributed by atoms with E-state index in [1.165, 1.54) is 55.2 Å². The van der Waals surface area contributed by atoms with Crippen molar-refractivity contribution < 1.29 is 0 Å². The first-order valence-electron chi connectivity index (χ1n) is 12.9. The van der Waals surface area contributed by atoms with Crippen LogP contribution in [-0.2, 0) is 11.8 Å². The Morgan fingerprint density at radius 1 is 0.829 bits per heavy atom. The SMILES string of the molecule is CCC(C)(C)c1cccc2c3cc(CC(C)(C)C)ccc3n3c(-c4c(C)cccc4C)cnc3c12. The maximum Gasteiger partial charge on any atom is 0.145 e. The first kappa shape index (κ1) is 23.6. The van der Waals surface area contributed by atoms with Crippen LogP contribution >= 0.6 is 0 Å². The minimum absolute atomic E-state index is 0.0569. The monoisotopic (exact) mass is 462 g/mol. The molecule has 0 fully saturated rings. The molecule has 35 heavy (non-hydrogen) atoms. The van der Waals surface area contributed by atoms with Gasteiger partial charge in [-0.3, -0.25) is 4.40 Å². The number of hydrogen-bond acceptors (Lipinski definition) is 1. The summed E-state index contributed by atoms with van der Waals surface area (Å²) in [6.45, 7) is 18.4. The summed E-state index contributed by atoms with van der Waals surface area (Å²) in [6.07, 6.45) is 4.21. The molecule has 0 unspecified atom stereocenters. The molecule has 0 aliphatic heterocycles. The van der Waals surface area contributed by atoms with Crippen molar-refractivity contribution >= 4 is 27.3 Å². The van der Waals surface area contributed by atoms with Gasteiger partial charge < -0.3 is 0 Å². The van der Waals surface area contributed by atoms with E-state index in [9.17, 15) is 0 Å². The summed E-state index contributed by atoms with van der Waals surface area (Å²) >= 11 is 0. The lowest BCUT2D eigenvalue weighted by molar-refractivity contribution is 0.411. The average Bonchev–Trinajstić information content (AvgIpc) is 3.22. The van der Waals surface area contributed by atoms with E-state index in [4.69, 9.17) is 4.98 Å². The molecule has 0 spiro atoms. The molecule has 0 bridgehead atoms. The number of aryl methyl sites for hydroxylation is 2. The molecule has 0 aliphatic carbocycles. The minimum Gasteiger partial charge on any atom is -0.292 e. The summed E-state index contributed by atoms with van der Waals surface area (Å²) < 4.78 is 2.42. The molecule has 2 nitrogen and oxygen atoms in total. The Morgan fingerprint density at radius 2 is 1.51 bits per heavy atom. The van der Waals surface area contributed by atoms with Gasteiger partial charge in [0.05, 0.1) is 17.4 Å². The van der Waals surface area contributed by atoms with Crippen LogP contribution < -0.4 is 0 Å². The Bertz CT molecular complexity index is 1550. The van der Waals surface area contributed by atoms with Gasteiger partial charge in [0.25, 0.3) is 0 Å². The lowest BCUT2D eigenvalue weighted by atomic mass is 9.79. The van der Waals surface area contributed by atoms with Crippen LogP contribution in [0, 0.1) is 19.3 Å². The van der Waals surface area contributed by atoms with Gasteiger partial charge in [0, 0.05) is 16.3 Å². The number of nitrogens with zero attached hydrogens (tertiary/aromatic N) is 2. The molecular weight excluding hydrogens is 424 g/mol. The number of fused-ring (bicyclic) bond motifs is 6. The zero-order chi connectivity index (χ0) is 25.1. The smallest absolute Gasteiger partial charge is 0.145 e. The second-order valence-corrected chi connectivity index (χ2v) is 12.1. The van der Waals surface area contributed by atoms with Crippen molar-refractivity contribution in [2.45, 2.75) is 73.6 Å². The van der Waals surface area contributed by atoms with Crippen molar-refractivity contribution in [1.82, 2.24) is 9.38 Å². The van der Waals surface area contributed by atoms with Crippen LogP contribution in [0.5, 0.6) is 0 Å². The van der Waals surface area contributed by atoms with Gasteiger partial charge in [0.2, 0.25) is 0 Å². The van der Waals surface area contributed by atoms with E-state index >= 15 is 0 Å². The van der Waals surface area contributed by atoms with E-state index in [0.29, 0.717) is 0 Å². The fourth-order valence-corrected chi connectivity index (χ4v) is 5.66. The van der Waals surface area contributed by atoms with E-state index in [0.717, 1.165) is 18.5 Å². The summed E-state index contributed by atoms with van der Waals surface area (Å²) in [7, 11) is 0. The average molecular weight is 463 g/mol. The van der Waals surface area contributed by atoms with Gasteiger partial charge in [-0.2, -0.15) is 0 Å². The third-order valence-electron chi connectivity index (χ3n) is 7.73. The van der Waals surface area contributed by atoms with Crippen molar-refractivity contribution in [2.75, 3.05) is 0 Å². The highest BCUT2D eigenvalue weighted by molar-refractivity contribution is 6.14. The minimum atomic E-state index is 0.0569. The first-order valence-corrected chi connectivity index (χ1v) is 12.9. The van der Waals surface area contributed by atoms with Crippen LogP contribution in [0.2, 0.25) is 0 Å². The van der Waals surface area contributed by atoms with Crippen molar-refractivity contribution in [1.29, 1.82) is 0 Å². The van der Waals surface area contributed by atoms with Crippen LogP contribution in [-0.4, -0.2) is 9.38 Å². The highest BCUT2D eigenvalue weighted by atomic mass is 15.0. The van der Waals surface area contributed by atoms with Gasteiger partial charge >= 0.3 is 0 Å². The molecule has 2 heterocycles. The van der Waals surface area contributed by atoms with Gasteiger partial charge in [-0.25, -0.2) is 4.98 Å². The molecule has 180 valence electrons. The molecule has 0 atom stereocenters. The fourth-order valence-electron chi connectivity index (χ4n) is 5.66. The maximum atomic E-state index is 5.11. The Hall–Kier alpha value is -3.13. The second kappa shape index (κ2) is 8.22. The van der Waals surface area contributed by atoms with Gasteiger partial charge in [-0.1, -0.05) is 84.0 Å². The van der Waals surface area contributed by atoms with E-state index in [1.807, 2.05) is 0 Å². The molecule has 5 rings (SSSR count). The standard InChI is InChI=1S/C33H38N2/c1-9-33(7,8)26-15-11-14-24-25-18-23(19-32(4,5)6)16-17-27(25)35-28(20-34-31(35)30(24)26)29-21(2)12-10-13-22(29)3/h10-18,20H,9,19H2,1-8H3. The third-order valence-corrected chi connectivity index (χ3v) is 7.73. The highest BCUT2D eigenvalue weighted by Crippen LogP contribution is 2.41. The molecule has 2 aromatic heterocycles. The zero-order valence-corrected chi connectivity index (χ0v) is 22.6. The first-order chi connectivity index (χ1) is 16.5. The molecule has 5 aromatic rings. The van der Waals surface area contributed by atoms with Crippen LogP contribution in [0.3, 0.4) is 0 Å². The van der Waals surface area contributed by atoms with Gasteiger partial charge in [0.15, 0.2) is 0 Å². The fraction of sp³-hybridized carbons (Fsp3) is 0.364. The van der Waals surface area contributed by atoms with Crippen LogP contribution in [0.25, 0.3) is 38.6 Å². The lowest BCUT2D eigenvalue weighted by Crippen LogP contribution is -2.16. The summed E-state index contributed by atoms with van der Waals surface area (Å²) in [6, 6.07) is 20.5. The van der Waals surface area contributed by atoms with Crippen molar-refractivity contribution in [3.8, 4) is 11.3 Å². The maximum absolute atomic E-state index is 5.11. The summed E-state index contributed by atoms with van der Waals surface area (Å²) in [4.78, 5) is 5.11. The Kier molecular flexibility index (Phi) is 5.55. The molecule has 0 N–H and O–H groups in total. The van der Waals surface area contributed by atoms with Gasteiger partial charge in [-0.05, 0) is 77.3 Å². The third kappa shape index (κ3) is 3.93. The van der Waals surface area contributed by atoms with E-state index < -0.39 is 0 Å². The number of imidazole rings is 1. The van der Waals surface area contributed by atoms with Crippen molar-refractivity contribution in [2.24, 2.45) is 5.41 Å². The lowest BCUT2D eigenvalue weighted by Gasteiger charge is -2.26. The predicted molar refractivity (Wildman–Crippen MR) is 152 cm³/mol. The largest absolute Gasteiger partial charge is 0.292 e. The van der Waals surface area contributed by atoms with Gasteiger partial charge in [0.1, 0.15) is 5.65 Å². The molecule has 0 aliphatic rings. The highest BCUT2D eigenvalue weighted by Gasteiger charge is 2.25.